The van der Waals surface area contributed by atoms with Crippen molar-refractivity contribution in [1.29, 1.82) is 5.26 Å². The molecule has 10 nitrogen and oxygen atoms in total. The number of halogens is 6. The average molecular weight is 848 g/mol. The first-order valence-corrected chi connectivity index (χ1v) is 17.6. The van der Waals surface area contributed by atoms with Gasteiger partial charge in [0.2, 0.25) is 6.33 Å². The average Bonchev–Trinajstić information content (AvgIpc) is 3.79. The van der Waals surface area contributed by atoms with Gasteiger partial charge < -0.3 is 31.8 Å². The lowest BCUT2D eigenvalue weighted by molar-refractivity contribution is -0.689. The summed E-state index contributed by atoms with van der Waals surface area (Å²) in [5, 5.41) is 18.3. The number of hydrogen-bond acceptors (Lipinski definition) is 9. The summed E-state index contributed by atoms with van der Waals surface area (Å²) in [5.41, 5.74) is 0.610. The smallest absolute Gasteiger partial charge is 0.490 e. The largest absolute Gasteiger partial charge is 1.00 e. The molecule has 0 saturated heterocycles. The summed E-state index contributed by atoms with van der Waals surface area (Å²) in [5.74, 6) is -6.08. The number of rotatable bonds is 13. The molecule has 0 spiro atoms. The van der Waals surface area contributed by atoms with E-state index in [1.54, 1.807) is 55.0 Å². The zero-order valence-corrected chi connectivity index (χ0v) is 32.7. The van der Waals surface area contributed by atoms with Gasteiger partial charge in [0.1, 0.15) is 35.0 Å². The number of carbonyl (C=O) groups excluding carboxylic acids is 2. The SMILES string of the molecule is CCNC(C)C(=O)Oc1c(C)cc(C[n+]2cnn(C[C@](OC(=O)C(F)(F)F)(c3ccc(F)cc3F)[C@@H](C)c3nc(-c4ccc(C#N)cc4)cs3)c2)cc1C.[Br-]. The Morgan fingerprint density at radius 3 is 2.33 bits per heavy atom. The molecule has 5 rings (SSSR count). The van der Waals surface area contributed by atoms with Gasteiger partial charge in [-0.25, -0.2) is 27.9 Å². The Kier molecular flexibility index (Phi) is 13.7. The van der Waals surface area contributed by atoms with Crippen molar-refractivity contribution in [3.05, 3.63) is 117 Å². The third kappa shape index (κ3) is 9.80. The molecule has 2 aromatic heterocycles. The molecule has 3 aromatic carbocycles. The standard InChI is InChI=1S/C38H36F5N6O4S.BrH/c1-6-45-25(5)35(50)52-33-22(2)13-27(14-23(33)3)17-48-20-46-49(21-48)19-37(53-36(51)38(41,42)43,30-12-11-29(39)15-31(30)40)24(4)34-47-32(18-54-34)28-9-7-26(16-44)8-10-28;/h7-15,18,20-21,24-25,45H,6,17,19H2,1-5H3;1H/q+1;/p-1/t24-,25?,37+;/m0./s1. The molecular weight excluding hydrogens is 811 g/mol. The second kappa shape index (κ2) is 17.6. The van der Waals surface area contributed by atoms with Crippen molar-refractivity contribution in [1.82, 2.24) is 20.1 Å². The number of esters is 2. The van der Waals surface area contributed by atoms with Gasteiger partial charge in [-0.15, -0.1) is 16.0 Å². The van der Waals surface area contributed by atoms with E-state index in [1.807, 2.05) is 25.1 Å². The normalized spacial score (nSPS) is 13.5. The van der Waals surface area contributed by atoms with Crippen molar-refractivity contribution in [2.45, 2.75) is 71.4 Å². The van der Waals surface area contributed by atoms with Gasteiger partial charge in [0.05, 0.1) is 29.8 Å². The van der Waals surface area contributed by atoms with E-state index in [-0.39, 0.29) is 28.5 Å². The number of aryl methyl sites for hydroxylation is 2. The van der Waals surface area contributed by atoms with Gasteiger partial charge in [0.15, 0.2) is 5.60 Å². The monoisotopic (exact) mass is 846 g/mol. The minimum atomic E-state index is -5.47. The maximum Gasteiger partial charge on any atom is 0.490 e. The lowest BCUT2D eigenvalue weighted by Crippen LogP contribution is -3.00. The summed E-state index contributed by atoms with van der Waals surface area (Å²) in [6.07, 6.45) is -2.63. The van der Waals surface area contributed by atoms with Crippen molar-refractivity contribution in [2.24, 2.45) is 0 Å². The van der Waals surface area contributed by atoms with E-state index in [0.717, 1.165) is 29.0 Å². The summed E-state index contributed by atoms with van der Waals surface area (Å²) in [7, 11) is 0. The predicted molar refractivity (Wildman–Crippen MR) is 187 cm³/mol. The van der Waals surface area contributed by atoms with Crippen LogP contribution in [0.25, 0.3) is 11.3 Å². The van der Waals surface area contributed by atoms with Gasteiger partial charge in [-0.05, 0) is 80.4 Å². The lowest BCUT2D eigenvalue weighted by atomic mass is 9.81. The van der Waals surface area contributed by atoms with Crippen molar-refractivity contribution < 1.29 is 62.6 Å². The highest BCUT2D eigenvalue weighted by Gasteiger charge is 2.53. The Hall–Kier alpha value is -5.05. The molecule has 3 atom stereocenters. The Morgan fingerprint density at radius 2 is 1.73 bits per heavy atom. The minimum absolute atomic E-state index is 0. The van der Waals surface area contributed by atoms with Crippen LogP contribution in [0.3, 0.4) is 0 Å². The summed E-state index contributed by atoms with van der Waals surface area (Å²) >= 11 is 1.04. The van der Waals surface area contributed by atoms with Crippen LogP contribution < -0.4 is 31.6 Å². The highest BCUT2D eigenvalue weighted by atomic mass is 79.9. The molecule has 17 heteroatoms. The first-order valence-electron chi connectivity index (χ1n) is 16.7. The van der Waals surface area contributed by atoms with Crippen LogP contribution in [0.1, 0.15) is 59.5 Å². The van der Waals surface area contributed by atoms with Crippen LogP contribution in [0.2, 0.25) is 0 Å². The second-order valence-electron chi connectivity index (χ2n) is 12.8. The zero-order valence-electron chi connectivity index (χ0n) is 30.2. The van der Waals surface area contributed by atoms with Crippen molar-refractivity contribution in [3.63, 3.8) is 0 Å². The molecule has 0 saturated carbocycles. The minimum Gasteiger partial charge on any atom is -1.00 e. The van der Waals surface area contributed by atoms with E-state index in [4.69, 9.17) is 14.7 Å². The summed E-state index contributed by atoms with van der Waals surface area (Å²) in [6.45, 7) is 8.78. The van der Waals surface area contributed by atoms with Crippen LogP contribution in [0.5, 0.6) is 5.75 Å². The van der Waals surface area contributed by atoms with Gasteiger partial charge in [-0.1, -0.05) is 26.0 Å². The van der Waals surface area contributed by atoms with E-state index < -0.39 is 59.4 Å². The van der Waals surface area contributed by atoms with Gasteiger partial charge in [-0.3, -0.25) is 0 Å². The predicted octanol–water partition coefficient (Wildman–Crippen LogP) is 3.82. The van der Waals surface area contributed by atoms with Gasteiger partial charge in [-0.2, -0.15) is 18.4 Å². The molecule has 55 heavy (non-hydrogen) atoms. The number of benzene rings is 3. The highest BCUT2D eigenvalue weighted by Crippen LogP contribution is 2.45. The molecule has 0 aliphatic heterocycles. The van der Waals surface area contributed by atoms with E-state index in [1.165, 1.54) is 24.3 Å². The number of carbonyl (C=O) groups is 2. The third-order valence-electron chi connectivity index (χ3n) is 8.77. The lowest BCUT2D eigenvalue weighted by Gasteiger charge is -2.36. The van der Waals surface area contributed by atoms with Gasteiger partial charge in [0.25, 0.3) is 6.33 Å². The highest BCUT2D eigenvalue weighted by molar-refractivity contribution is 7.10. The molecular formula is C38H36BrF5N6O4S. The van der Waals surface area contributed by atoms with Gasteiger partial charge in [0, 0.05) is 27.7 Å². The number of aromatic nitrogens is 4. The molecule has 0 aliphatic rings. The van der Waals surface area contributed by atoms with Crippen LogP contribution in [0.15, 0.2) is 72.6 Å². The number of thiazole rings is 1. The number of nitrogens with one attached hydrogen (secondary N) is 1. The van der Waals surface area contributed by atoms with Crippen molar-refractivity contribution in [3.8, 4) is 23.1 Å². The van der Waals surface area contributed by atoms with Crippen LogP contribution in [-0.2, 0) is 33.0 Å². The number of likely N-dealkylation sites (N-methyl/N-ethyl adjacent to an activating group) is 1. The van der Waals surface area contributed by atoms with Crippen LogP contribution in [0, 0.1) is 36.8 Å². The van der Waals surface area contributed by atoms with Crippen LogP contribution in [0.4, 0.5) is 22.0 Å². The number of nitrogens with zero attached hydrogens (tertiary/aromatic N) is 5. The number of nitriles is 1. The summed E-state index contributed by atoms with van der Waals surface area (Å²) in [4.78, 5) is 29.8. The topological polar surface area (TPSA) is 123 Å². The Morgan fingerprint density at radius 1 is 1.05 bits per heavy atom. The summed E-state index contributed by atoms with van der Waals surface area (Å²) in [6, 6.07) is 13.9. The fourth-order valence-electron chi connectivity index (χ4n) is 6.07. The second-order valence-corrected chi connectivity index (χ2v) is 13.6. The first-order chi connectivity index (χ1) is 25.5. The van der Waals surface area contributed by atoms with Gasteiger partial charge >= 0.3 is 18.1 Å². The maximum absolute atomic E-state index is 15.7. The van der Waals surface area contributed by atoms with E-state index in [2.05, 4.69) is 15.4 Å². The Labute approximate surface area is 328 Å². The molecule has 1 unspecified atom stereocenters. The molecule has 2 heterocycles. The van der Waals surface area contributed by atoms with Crippen molar-refractivity contribution >= 4 is 23.3 Å². The van der Waals surface area contributed by atoms with Crippen molar-refractivity contribution in [2.75, 3.05) is 6.54 Å². The molecule has 0 amide bonds. The van der Waals surface area contributed by atoms with E-state index >= 15 is 4.39 Å². The molecule has 290 valence electrons. The van der Waals surface area contributed by atoms with E-state index in [9.17, 15) is 27.2 Å². The fourth-order valence-corrected chi connectivity index (χ4v) is 7.04. The molecule has 0 fully saturated rings. The molecule has 0 radical (unpaired) electrons. The quantitative estimate of drug-likeness (QED) is 0.0823. The number of ether oxygens (including phenoxy) is 2. The maximum atomic E-state index is 15.7. The molecule has 5 aromatic rings. The van der Waals surface area contributed by atoms with Crippen LogP contribution in [-0.4, -0.2) is 45.5 Å². The fraction of sp³-hybridized carbons (Fsp3) is 0.316. The third-order valence-corrected chi connectivity index (χ3v) is 9.80. The number of hydrogen-bond donors (Lipinski definition) is 1. The van der Waals surface area contributed by atoms with Crippen LogP contribution >= 0.6 is 11.3 Å². The summed E-state index contributed by atoms with van der Waals surface area (Å²) < 4.78 is 85.5. The first kappa shape index (κ1) is 42.7. The molecule has 0 aliphatic carbocycles. The molecule has 1 N–H and O–H groups in total. The Bertz CT molecular complexity index is 2180. The van der Waals surface area contributed by atoms with E-state index in [0.29, 0.717) is 46.3 Å². The Balaban J connectivity index is 0.00000673. The molecule has 0 bridgehead atoms. The zero-order chi connectivity index (χ0) is 39.4. The number of alkyl halides is 3.